The highest BCUT2D eigenvalue weighted by Crippen LogP contribution is 2.35. The molecule has 4 heteroatoms. The van der Waals surface area contributed by atoms with E-state index < -0.39 is 0 Å². The van der Waals surface area contributed by atoms with Gasteiger partial charge < -0.3 is 10.6 Å². The molecule has 3 heterocycles. The summed E-state index contributed by atoms with van der Waals surface area (Å²) in [6.45, 7) is 3.25. The van der Waals surface area contributed by atoms with Gasteiger partial charge in [0.05, 0.1) is 0 Å². The first kappa shape index (κ1) is 12.3. The van der Waals surface area contributed by atoms with Gasteiger partial charge in [-0.3, -0.25) is 4.90 Å². The summed E-state index contributed by atoms with van der Waals surface area (Å²) in [4.78, 5) is 2.54. The van der Waals surface area contributed by atoms with Crippen LogP contribution in [0.5, 0.6) is 0 Å². The van der Waals surface area contributed by atoms with Gasteiger partial charge in [-0.15, -0.1) is 12.3 Å². The number of nitrogens with zero attached hydrogens (tertiary/aromatic N) is 1. The van der Waals surface area contributed by atoms with Gasteiger partial charge in [0, 0.05) is 31.1 Å². The van der Waals surface area contributed by atoms with Crippen LogP contribution in [0.2, 0.25) is 0 Å². The fourth-order valence-corrected chi connectivity index (χ4v) is 3.46. The van der Waals surface area contributed by atoms with Crippen LogP contribution in [0, 0.1) is 24.2 Å². The lowest BCUT2D eigenvalue weighted by Crippen LogP contribution is -2.57. The van der Waals surface area contributed by atoms with Crippen molar-refractivity contribution < 1.29 is 0 Å². The molecule has 4 unspecified atom stereocenters. The molecule has 0 aromatic heterocycles. The molecule has 3 aliphatic heterocycles. The number of nitrogens with one attached hydrogen (secondary N) is 2. The number of fused-ring (bicyclic) bond motifs is 3. The summed E-state index contributed by atoms with van der Waals surface area (Å²) in [6, 6.07) is 1.26. The predicted octanol–water partition coefficient (Wildman–Crippen LogP) is 0.957. The minimum atomic E-state index is 0.478. The quantitative estimate of drug-likeness (QED) is 0.586. The van der Waals surface area contributed by atoms with Gasteiger partial charge in [0.2, 0.25) is 0 Å². The van der Waals surface area contributed by atoms with Gasteiger partial charge >= 0.3 is 0 Å². The number of hydrogen-bond acceptors (Lipinski definition) is 2. The number of rotatable bonds is 3. The number of thiocarbonyl (C=S) groups is 1. The topological polar surface area (TPSA) is 27.3 Å². The highest BCUT2D eigenvalue weighted by molar-refractivity contribution is 7.80. The third-order valence-electron chi connectivity index (χ3n) is 4.50. The van der Waals surface area contributed by atoms with Gasteiger partial charge in [0.15, 0.2) is 5.11 Å². The number of piperidine rings is 3. The lowest BCUT2D eigenvalue weighted by atomic mass is 9.76. The Hall–Kier alpha value is -0.790. The molecule has 0 aromatic rings. The lowest BCUT2D eigenvalue weighted by molar-refractivity contribution is 0.0248. The molecule has 2 N–H and O–H groups in total. The summed E-state index contributed by atoms with van der Waals surface area (Å²) in [7, 11) is 0. The van der Waals surface area contributed by atoms with E-state index in [1.54, 1.807) is 0 Å². The molecule has 1 saturated carbocycles. The van der Waals surface area contributed by atoms with Gasteiger partial charge in [0.1, 0.15) is 0 Å². The van der Waals surface area contributed by atoms with Crippen molar-refractivity contribution in [1.29, 1.82) is 0 Å². The Kier molecular flexibility index (Phi) is 3.45. The summed E-state index contributed by atoms with van der Waals surface area (Å²) >= 11 is 5.30. The Bertz CT molecular complexity index is 372. The van der Waals surface area contributed by atoms with E-state index in [-0.39, 0.29) is 0 Å². The van der Waals surface area contributed by atoms with Crippen molar-refractivity contribution in [3.05, 3.63) is 0 Å². The van der Waals surface area contributed by atoms with Crippen LogP contribution in [0.4, 0.5) is 0 Å². The van der Waals surface area contributed by atoms with E-state index in [0.717, 1.165) is 24.1 Å². The zero-order chi connectivity index (χ0) is 12.5. The van der Waals surface area contributed by atoms with Crippen LogP contribution >= 0.6 is 12.2 Å². The van der Waals surface area contributed by atoms with Crippen LogP contribution in [0.1, 0.15) is 25.7 Å². The van der Waals surface area contributed by atoms with Gasteiger partial charge in [-0.05, 0) is 50.4 Å². The van der Waals surface area contributed by atoms with Crippen molar-refractivity contribution in [2.45, 2.75) is 37.8 Å². The second-order valence-corrected chi connectivity index (χ2v) is 6.24. The van der Waals surface area contributed by atoms with Crippen molar-refractivity contribution in [1.82, 2.24) is 15.5 Å². The Labute approximate surface area is 115 Å². The SMILES string of the molecule is C#CC1CN2CCC1CC2CNC(=S)NC1CC1. The smallest absolute Gasteiger partial charge is 0.166 e. The van der Waals surface area contributed by atoms with Gasteiger partial charge in [-0.25, -0.2) is 0 Å². The monoisotopic (exact) mass is 263 g/mol. The lowest BCUT2D eigenvalue weighted by Gasteiger charge is -2.48. The molecule has 4 fully saturated rings. The molecule has 2 bridgehead atoms. The molecular weight excluding hydrogens is 242 g/mol. The standard InChI is InChI=1S/C14H21N3S/c1-2-10-9-17-6-5-11(10)7-13(17)8-15-14(18)16-12-3-4-12/h1,10-13H,3-9H2,(H2,15,16,18). The van der Waals surface area contributed by atoms with Crippen LogP contribution in [-0.2, 0) is 0 Å². The first-order valence-corrected chi connectivity index (χ1v) is 7.41. The van der Waals surface area contributed by atoms with E-state index in [1.807, 2.05) is 0 Å². The molecule has 0 spiro atoms. The minimum absolute atomic E-state index is 0.478. The highest BCUT2D eigenvalue weighted by atomic mass is 32.1. The van der Waals surface area contributed by atoms with E-state index in [0.29, 0.717) is 18.0 Å². The largest absolute Gasteiger partial charge is 0.361 e. The summed E-state index contributed by atoms with van der Waals surface area (Å²) in [5.41, 5.74) is 0. The zero-order valence-electron chi connectivity index (χ0n) is 10.7. The minimum Gasteiger partial charge on any atom is -0.361 e. The highest BCUT2D eigenvalue weighted by Gasteiger charge is 2.39. The van der Waals surface area contributed by atoms with E-state index >= 15 is 0 Å². The van der Waals surface area contributed by atoms with Crippen molar-refractivity contribution in [3.63, 3.8) is 0 Å². The molecule has 18 heavy (non-hydrogen) atoms. The number of terminal acetylenes is 1. The molecule has 0 amide bonds. The molecule has 98 valence electrons. The van der Waals surface area contributed by atoms with E-state index in [9.17, 15) is 0 Å². The fourth-order valence-electron chi connectivity index (χ4n) is 3.21. The molecule has 4 rings (SSSR count). The summed E-state index contributed by atoms with van der Waals surface area (Å²) < 4.78 is 0. The molecular formula is C14H21N3S. The van der Waals surface area contributed by atoms with Gasteiger partial charge in [-0.2, -0.15) is 0 Å². The van der Waals surface area contributed by atoms with E-state index in [1.165, 1.54) is 32.2 Å². The van der Waals surface area contributed by atoms with Crippen LogP contribution in [0.15, 0.2) is 0 Å². The van der Waals surface area contributed by atoms with Crippen LogP contribution in [0.25, 0.3) is 0 Å². The third-order valence-corrected chi connectivity index (χ3v) is 4.77. The molecule has 3 saturated heterocycles. The molecule has 0 aromatic carbocycles. The second kappa shape index (κ2) is 5.07. The Morgan fingerprint density at radius 3 is 2.83 bits per heavy atom. The van der Waals surface area contributed by atoms with Crippen molar-refractivity contribution in [2.75, 3.05) is 19.6 Å². The molecule has 1 aliphatic carbocycles. The Balaban J connectivity index is 1.46. The van der Waals surface area contributed by atoms with Crippen LogP contribution < -0.4 is 10.6 Å². The average molecular weight is 263 g/mol. The van der Waals surface area contributed by atoms with E-state index in [2.05, 4.69) is 21.5 Å². The Morgan fingerprint density at radius 1 is 1.39 bits per heavy atom. The van der Waals surface area contributed by atoms with Gasteiger partial charge in [-0.1, -0.05) is 0 Å². The first-order chi connectivity index (χ1) is 8.76. The summed E-state index contributed by atoms with van der Waals surface area (Å²) in [5.74, 6) is 4.17. The Morgan fingerprint density at radius 2 is 2.22 bits per heavy atom. The van der Waals surface area contributed by atoms with Crippen LogP contribution in [0.3, 0.4) is 0 Å². The van der Waals surface area contributed by atoms with Crippen molar-refractivity contribution in [2.24, 2.45) is 11.8 Å². The number of hydrogen-bond donors (Lipinski definition) is 2. The van der Waals surface area contributed by atoms with Crippen molar-refractivity contribution in [3.8, 4) is 12.3 Å². The summed E-state index contributed by atoms with van der Waals surface area (Å²) in [6.07, 6.45) is 10.6. The van der Waals surface area contributed by atoms with Crippen LogP contribution in [-0.4, -0.2) is 41.7 Å². The maximum Gasteiger partial charge on any atom is 0.166 e. The molecule has 0 radical (unpaired) electrons. The fraction of sp³-hybridized carbons (Fsp3) is 0.786. The van der Waals surface area contributed by atoms with Crippen molar-refractivity contribution >= 4 is 17.3 Å². The predicted molar refractivity (Wildman–Crippen MR) is 77.2 cm³/mol. The second-order valence-electron chi connectivity index (χ2n) is 5.84. The normalized spacial score (nSPS) is 37.9. The first-order valence-electron chi connectivity index (χ1n) is 7.01. The average Bonchev–Trinajstić information content (AvgIpc) is 3.21. The maximum absolute atomic E-state index is 5.60. The molecule has 4 aliphatic rings. The zero-order valence-corrected chi connectivity index (χ0v) is 11.5. The molecule has 4 atom stereocenters. The van der Waals surface area contributed by atoms with E-state index in [4.69, 9.17) is 18.6 Å². The van der Waals surface area contributed by atoms with Gasteiger partial charge in [0.25, 0.3) is 0 Å². The molecule has 3 nitrogen and oxygen atoms in total. The third kappa shape index (κ3) is 2.62. The summed E-state index contributed by atoms with van der Waals surface area (Å²) in [5, 5.41) is 7.52. The maximum atomic E-state index is 5.60.